The fourth-order valence-electron chi connectivity index (χ4n) is 3.74. The monoisotopic (exact) mass is 367 g/mol. The number of nitrogens with zero attached hydrogens (tertiary/aromatic N) is 4. The smallest absolute Gasteiger partial charge is 0.254 e. The third-order valence-electron chi connectivity index (χ3n) is 5.12. The number of furan rings is 1. The molecule has 2 N–H and O–H groups in total. The lowest BCUT2D eigenvalue weighted by Crippen LogP contribution is -2.32. The summed E-state index contributed by atoms with van der Waals surface area (Å²) in [4.78, 5) is 19.9. The van der Waals surface area contributed by atoms with Gasteiger partial charge in [0.1, 0.15) is 11.5 Å². The SMILES string of the molecule is Cc1cc(-c2cc(C(=O)N3CCC(N)C3)c3cnn(C(C)C)c3n2)c(C)o1. The second-order valence-electron chi connectivity index (χ2n) is 7.60. The van der Waals surface area contributed by atoms with Gasteiger partial charge in [-0.1, -0.05) is 0 Å². The van der Waals surface area contributed by atoms with Gasteiger partial charge in [0.05, 0.1) is 22.8 Å². The highest BCUT2D eigenvalue weighted by Gasteiger charge is 2.28. The highest BCUT2D eigenvalue weighted by atomic mass is 16.3. The third-order valence-corrected chi connectivity index (χ3v) is 5.12. The van der Waals surface area contributed by atoms with Crippen molar-refractivity contribution in [3.8, 4) is 11.3 Å². The first-order valence-electron chi connectivity index (χ1n) is 9.35. The van der Waals surface area contributed by atoms with E-state index in [1.54, 1.807) is 6.20 Å². The molecule has 142 valence electrons. The Morgan fingerprint density at radius 3 is 2.70 bits per heavy atom. The number of pyridine rings is 1. The number of carbonyl (C=O) groups is 1. The molecule has 1 amide bonds. The average molecular weight is 367 g/mol. The summed E-state index contributed by atoms with van der Waals surface area (Å²) in [5, 5.41) is 5.25. The highest BCUT2D eigenvalue weighted by molar-refractivity contribution is 6.06. The molecule has 1 unspecified atom stereocenters. The molecule has 7 nitrogen and oxygen atoms in total. The molecule has 0 aromatic carbocycles. The van der Waals surface area contributed by atoms with Gasteiger partial charge in [-0.2, -0.15) is 5.10 Å². The zero-order chi connectivity index (χ0) is 19.3. The number of carbonyl (C=O) groups excluding carboxylic acids is 1. The zero-order valence-corrected chi connectivity index (χ0v) is 16.2. The Hall–Kier alpha value is -2.67. The Balaban J connectivity index is 1.91. The summed E-state index contributed by atoms with van der Waals surface area (Å²) in [5.41, 5.74) is 8.97. The molecule has 27 heavy (non-hydrogen) atoms. The van der Waals surface area contributed by atoms with Gasteiger partial charge in [-0.25, -0.2) is 9.67 Å². The van der Waals surface area contributed by atoms with Gasteiger partial charge >= 0.3 is 0 Å². The van der Waals surface area contributed by atoms with Crippen LogP contribution in [0.4, 0.5) is 0 Å². The quantitative estimate of drug-likeness (QED) is 0.768. The first kappa shape index (κ1) is 17.7. The van der Waals surface area contributed by atoms with Gasteiger partial charge in [0.15, 0.2) is 5.65 Å². The van der Waals surface area contributed by atoms with E-state index in [1.807, 2.05) is 35.6 Å². The molecule has 3 aromatic heterocycles. The number of hydrogen-bond donors (Lipinski definition) is 1. The second-order valence-corrected chi connectivity index (χ2v) is 7.60. The maximum atomic E-state index is 13.2. The van der Waals surface area contributed by atoms with E-state index in [4.69, 9.17) is 15.1 Å². The first-order chi connectivity index (χ1) is 12.8. The maximum Gasteiger partial charge on any atom is 0.254 e. The van der Waals surface area contributed by atoms with Crippen LogP contribution in [0, 0.1) is 13.8 Å². The molecular formula is C20H25N5O2. The Morgan fingerprint density at radius 1 is 1.33 bits per heavy atom. The number of likely N-dealkylation sites (tertiary alicyclic amines) is 1. The largest absolute Gasteiger partial charge is 0.466 e. The number of nitrogens with two attached hydrogens (primary N) is 1. The number of aryl methyl sites for hydroxylation is 2. The number of rotatable bonds is 3. The van der Waals surface area contributed by atoms with Crippen LogP contribution in [0.3, 0.4) is 0 Å². The predicted molar refractivity (Wildman–Crippen MR) is 104 cm³/mol. The zero-order valence-electron chi connectivity index (χ0n) is 16.2. The van der Waals surface area contributed by atoms with Crippen LogP contribution in [-0.4, -0.2) is 44.7 Å². The Labute approximate surface area is 158 Å². The third kappa shape index (κ3) is 3.02. The van der Waals surface area contributed by atoms with Crippen LogP contribution in [0.5, 0.6) is 0 Å². The van der Waals surface area contributed by atoms with Crippen LogP contribution in [0.25, 0.3) is 22.3 Å². The highest BCUT2D eigenvalue weighted by Crippen LogP contribution is 2.31. The summed E-state index contributed by atoms with van der Waals surface area (Å²) >= 11 is 0. The Morgan fingerprint density at radius 2 is 2.11 bits per heavy atom. The van der Waals surface area contributed by atoms with Crippen molar-refractivity contribution in [2.75, 3.05) is 13.1 Å². The fourth-order valence-corrected chi connectivity index (χ4v) is 3.74. The van der Waals surface area contributed by atoms with Gasteiger partial charge in [0.2, 0.25) is 0 Å². The summed E-state index contributed by atoms with van der Waals surface area (Å²) in [6, 6.07) is 4.00. The molecule has 0 radical (unpaired) electrons. The summed E-state index contributed by atoms with van der Waals surface area (Å²) in [7, 11) is 0. The molecule has 4 heterocycles. The minimum absolute atomic E-state index is 0.0159. The standard InChI is InChI=1S/C20H25N5O2/c1-11(2)25-19-17(9-22-25)16(20(26)24-6-5-14(21)10-24)8-18(23-19)15-7-12(3)27-13(15)4/h7-9,11,14H,5-6,10,21H2,1-4H3. The van der Waals surface area contributed by atoms with E-state index in [9.17, 15) is 4.79 Å². The predicted octanol–water partition coefficient (Wildman–Crippen LogP) is 3.06. The van der Waals surface area contributed by atoms with E-state index >= 15 is 0 Å². The molecule has 0 aliphatic carbocycles. The second kappa shape index (κ2) is 6.49. The van der Waals surface area contributed by atoms with Gasteiger partial charge in [-0.15, -0.1) is 0 Å². The molecule has 1 aliphatic rings. The van der Waals surface area contributed by atoms with Crippen LogP contribution < -0.4 is 5.73 Å². The van der Waals surface area contributed by atoms with Crippen molar-refractivity contribution in [3.63, 3.8) is 0 Å². The minimum atomic E-state index is -0.0159. The van der Waals surface area contributed by atoms with E-state index in [-0.39, 0.29) is 18.0 Å². The van der Waals surface area contributed by atoms with Crippen molar-refractivity contribution in [2.45, 2.75) is 46.2 Å². The van der Waals surface area contributed by atoms with Crippen molar-refractivity contribution in [2.24, 2.45) is 5.73 Å². The van der Waals surface area contributed by atoms with Crippen molar-refractivity contribution in [1.82, 2.24) is 19.7 Å². The topological polar surface area (TPSA) is 90.2 Å². The lowest BCUT2D eigenvalue weighted by Gasteiger charge is -2.17. The summed E-state index contributed by atoms with van der Waals surface area (Å²) in [5.74, 6) is 1.59. The van der Waals surface area contributed by atoms with E-state index in [0.717, 1.165) is 34.6 Å². The van der Waals surface area contributed by atoms with E-state index in [2.05, 4.69) is 18.9 Å². The lowest BCUT2D eigenvalue weighted by atomic mass is 10.1. The molecule has 4 rings (SSSR count). The van der Waals surface area contributed by atoms with Crippen LogP contribution in [0.2, 0.25) is 0 Å². The molecule has 1 fully saturated rings. The Kier molecular flexibility index (Phi) is 4.26. The van der Waals surface area contributed by atoms with Crippen LogP contribution in [-0.2, 0) is 0 Å². The van der Waals surface area contributed by atoms with E-state index in [0.29, 0.717) is 24.3 Å². The molecule has 1 saturated heterocycles. The van der Waals surface area contributed by atoms with Gasteiger partial charge in [-0.3, -0.25) is 4.79 Å². The number of fused-ring (bicyclic) bond motifs is 1. The van der Waals surface area contributed by atoms with E-state index < -0.39 is 0 Å². The Bertz CT molecular complexity index is 1020. The molecule has 1 aliphatic heterocycles. The normalized spacial score (nSPS) is 17.4. The number of hydrogen-bond acceptors (Lipinski definition) is 5. The molecule has 7 heteroatoms. The minimum Gasteiger partial charge on any atom is -0.466 e. The van der Waals surface area contributed by atoms with Crippen LogP contribution in [0.15, 0.2) is 22.7 Å². The number of amides is 1. The van der Waals surface area contributed by atoms with Gasteiger partial charge in [-0.05, 0) is 46.2 Å². The van der Waals surface area contributed by atoms with Gasteiger partial charge in [0, 0.05) is 30.7 Å². The van der Waals surface area contributed by atoms with Crippen molar-refractivity contribution >= 4 is 16.9 Å². The first-order valence-corrected chi connectivity index (χ1v) is 9.35. The molecular weight excluding hydrogens is 342 g/mol. The summed E-state index contributed by atoms with van der Waals surface area (Å²) in [6.07, 6.45) is 2.57. The summed E-state index contributed by atoms with van der Waals surface area (Å²) in [6.45, 7) is 9.19. The lowest BCUT2D eigenvalue weighted by molar-refractivity contribution is 0.0793. The fraction of sp³-hybridized carbons (Fsp3) is 0.450. The maximum absolute atomic E-state index is 13.2. The molecule has 0 bridgehead atoms. The molecule has 1 atom stereocenters. The van der Waals surface area contributed by atoms with Crippen molar-refractivity contribution < 1.29 is 9.21 Å². The van der Waals surface area contributed by atoms with E-state index in [1.165, 1.54) is 0 Å². The van der Waals surface area contributed by atoms with Crippen LogP contribution in [0.1, 0.15) is 48.2 Å². The van der Waals surface area contributed by atoms with Crippen LogP contribution >= 0.6 is 0 Å². The summed E-state index contributed by atoms with van der Waals surface area (Å²) < 4.78 is 7.53. The molecule has 3 aromatic rings. The van der Waals surface area contributed by atoms with Gasteiger partial charge < -0.3 is 15.1 Å². The number of aromatic nitrogens is 3. The average Bonchev–Trinajstić information content (AvgIpc) is 3.31. The van der Waals surface area contributed by atoms with Crippen molar-refractivity contribution in [1.29, 1.82) is 0 Å². The van der Waals surface area contributed by atoms with Crippen molar-refractivity contribution in [3.05, 3.63) is 35.4 Å². The van der Waals surface area contributed by atoms with Gasteiger partial charge in [0.25, 0.3) is 5.91 Å². The molecule has 0 spiro atoms. The molecule has 0 saturated carbocycles.